The second-order valence-corrected chi connectivity index (χ2v) is 6.93. The molecule has 0 fully saturated rings. The highest BCUT2D eigenvalue weighted by Crippen LogP contribution is 2.25. The molecule has 0 aliphatic carbocycles. The quantitative estimate of drug-likeness (QED) is 0.416. The number of fused-ring (bicyclic) bond motifs is 1. The van der Waals surface area contributed by atoms with Gasteiger partial charge < -0.3 is 9.64 Å². The lowest BCUT2D eigenvalue weighted by molar-refractivity contribution is 0.242. The molecule has 5 nitrogen and oxygen atoms in total. The van der Waals surface area contributed by atoms with Crippen molar-refractivity contribution in [1.29, 1.82) is 0 Å². The summed E-state index contributed by atoms with van der Waals surface area (Å²) in [4.78, 5) is 8.08. The van der Waals surface area contributed by atoms with Crippen LogP contribution in [0.2, 0.25) is 0 Å². The largest absolute Gasteiger partial charge is 0.477 e. The van der Waals surface area contributed by atoms with Gasteiger partial charge in [0, 0.05) is 23.1 Å². The van der Waals surface area contributed by atoms with Crippen LogP contribution >= 0.6 is 11.8 Å². The van der Waals surface area contributed by atoms with E-state index in [1.807, 2.05) is 22.8 Å². The molecule has 0 aliphatic rings. The van der Waals surface area contributed by atoms with Crippen LogP contribution in [0.3, 0.4) is 0 Å². The zero-order chi connectivity index (χ0) is 18.4. The predicted octanol–water partition coefficient (Wildman–Crippen LogP) is 4.23. The average Bonchev–Trinajstić information content (AvgIpc) is 3.11. The molecule has 0 saturated heterocycles. The van der Waals surface area contributed by atoms with Gasteiger partial charge in [-0.25, -0.2) is 9.50 Å². The first-order chi connectivity index (χ1) is 12.7. The summed E-state index contributed by atoms with van der Waals surface area (Å²) >= 11 is 1.73. The highest BCUT2D eigenvalue weighted by molar-refractivity contribution is 7.98. The summed E-state index contributed by atoms with van der Waals surface area (Å²) in [5.41, 5.74) is 2.91. The maximum Gasteiger partial charge on any atom is 0.231 e. The molecule has 0 radical (unpaired) electrons. The van der Waals surface area contributed by atoms with Crippen molar-refractivity contribution in [2.75, 3.05) is 32.5 Å². The van der Waals surface area contributed by atoms with Crippen LogP contribution in [0.15, 0.2) is 47.5 Å². The van der Waals surface area contributed by atoms with E-state index in [9.17, 15) is 0 Å². The molecular formula is C20H26N4OS. The van der Waals surface area contributed by atoms with Crippen LogP contribution < -0.4 is 4.74 Å². The Balaban J connectivity index is 1.73. The number of imidazole rings is 1. The Morgan fingerprint density at radius 3 is 2.77 bits per heavy atom. The van der Waals surface area contributed by atoms with Gasteiger partial charge >= 0.3 is 0 Å². The Hall–Kier alpha value is -2.05. The SMILES string of the molecule is CCN(CC)CCCOc1ccc2ncc(-c3cccc(SC)c3)n2n1. The van der Waals surface area contributed by atoms with Gasteiger partial charge in [0.25, 0.3) is 0 Å². The molecule has 3 rings (SSSR count). The summed E-state index contributed by atoms with van der Waals surface area (Å²) in [5, 5.41) is 4.64. The van der Waals surface area contributed by atoms with Crippen molar-refractivity contribution in [3.63, 3.8) is 0 Å². The van der Waals surface area contributed by atoms with Gasteiger partial charge in [-0.15, -0.1) is 16.9 Å². The molecule has 3 aromatic rings. The number of hydrogen-bond acceptors (Lipinski definition) is 5. The molecule has 6 heteroatoms. The Morgan fingerprint density at radius 2 is 2.00 bits per heavy atom. The second-order valence-electron chi connectivity index (χ2n) is 6.05. The third-order valence-electron chi connectivity index (χ3n) is 4.47. The van der Waals surface area contributed by atoms with Crippen molar-refractivity contribution in [3.8, 4) is 17.1 Å². The minimum atomic E-state index is 0.636. The Kier molecular flexibility index (Phi) is 6.52. The average molecular weight is 371 g/mol. The van der Waals surface area contributed by atoms with Gasteiger partial charge in [0.2, 0.25) is 5.88 Å². The third-order valence-corrected chi connectivity index (χ3v) is 5.19. The Labute approximate surface area is 159 Å². The van der Waals surface area contributed by atoms with E-state index < -0.39 is 0 Å². The second kappa shape index (κ2) is 9.05. The lowest BCUT2D eigenvalue weighted by Crippen LogP contribution is -2.25. The van der Waals surface area contributed by atoms with Gasteiger partial charge in [0.15, 0.2) is 5.65 Å². The van der Waals surface area contributed by atoms with E-state index in [1.54, 1.807) is 11.8 Å². The van der Waals surface area contributed by atoms with E-state index in [0.717, 1.165) is 43.0 Å². The van der Waals surface area contributed by atoms with Crippen LogP contribution in [0.4, 0.5) is 0 Å². The molecule has 2 heterocycles. The minimum absolute atomic E-state index is 0.636. The zero-order valence-electron chi connectivity index (χ0n) is 15.7. The number of nitrogens with zero attached hydrogens (tertiary/aromatic N) is 4. The number of aromatic nitrogens is 3. The van der Waals surface area contributed by atoms with Gasteiger partial charge in [-0.3, -0.25) is 0 Å². The Morgan fingerprint density at radius 1 is 1.15 bits per heavy atom. The molecular weight excluding hydrogens is 344 g/mol. The molecule has 0 aliphatic heterocycles. The molecule has 0 saturated carbocycles. The smallest absolute Gasteiger partial charge is 0.231 e. The van der Waals surface area contributed by atoms with Crippen LogP contribution in [-0.4, -0.2) is 52.0 Å². The summed E-state index contributed by atoms with van der Waals surface area (Å²) in [6, 6.07) is 12.3. The molecule has 0 unspecified atom stereocenters. The van der Waals surface area contributed by atoms with Gasteiger partial charge in [0.05, 0.1) is 18.5 Å². The number of ether oxygens (including phenoxy) is 1. The molecule has 2 aromatic heterocycles. The first-order valence-corrected chi connectivity index (χ1v) is 10.3. The highest BCUT2D eigenvalue weighted by atomic mass is 32.2. The molecule has 1 aromatic carbocycles. The van der Waals surface area contributed by atoms with Gasteiger partial charge in [-0.2, -0.15) is 0 Å². The van der Waals surface area contributed by atoms with E-state index in [-0.39, 0.29) is 0 Å². The van der Waals surface area contributed by atoms with Gasteiger partial charge in [0.1, 0.15) is 0 Å². The highest BCUT2D eigenvalue weighted by Gasteiger charge is 2.09. The fraction of sp³-hybridized carbons (Fsp3) is 0.400. The summed E-state index contributed by atoms with van der Waals surface area (Å²) in [5.74, 6) is 0.636. The third kappa shape index (κ3) is 4.37. The van der Waals surface area contributed by atoms with E-state index in [1.165, 1.54) is 4.90 Å². The van der Waals surface area contributed by atoms with Crippen LogP contribution in [0.5, 0.6) is 5.88 Å². The molecule has 0 atom stereocenters. The normalized spacial score (nSPS) is 11.4. The van der Waals surface area contributed by atoms with Crippen molar-refractivity contribution < 1.29 is 4.74 Å². The molecule has 138 valence electrons. The van der Waals surface area contributed by atoms with Crippen molar-refractivity contribution in [3.05, 3.63) is 42.6 Å². The minimum Gasteiger partial charge on any atom is -0.477 e. The van der Waals surface area contributed by atoms with Crippen LogP contribution in [0.1, 0.15) is 20.3 Å². The molecule has 0 spiro atoms. The lowest BCUT2D eigenvalue weighted by atomic mass is 10.2. The van der Waals surface area contributed by atoms with Crippen molar-refractivity contribution in [1.82, 2.24) is 19.5 Å². The van der Waals surface area contributed by atoms with Crippen molar-refractivity contribution in [2.45, 2.75) is 25.2 Å². The first-order valence-electron chi connectivity index (χ1n) is 9.09. The fourth-order valence-electron chi connectivity index (χ4n) is 2.92. The van der Waals surface area contributed by atoms with E-state index in [2.05, 4.69) is 59.4 Å². The fourth-order valence-corrected chi connectivity index (χ4v) is 3.38. The van der Waals surface area contributed by atoms with Gasteiger partial charge in [-0.05, 0) is 44.0 Å². The number of hydrogen-bond donors (Lipinski definition) is 0. The van der Waals surface area contributed by atoms with Crippen LogP contribution in [0, 0.1) is 0 Å². The summed E-state index contributed by atoms with van der Waals surface area (Å²) in [6.07, 6.45) is 4.94. The standard InChI is InChI=1S/C20H26N4OS/c1-4-23(5-2)12-7-13-25-20-11-10-19-21-15-18(24(19)22-20)16-8-6-9-17(14-16)26-3/h6,8-11,14-15H,4-5,7,12-13H2,1-3H3. The lowest BCUT2D eigenvalue weighted by Gasteiger charge is -2.17. The van der Waals surface area contributed by atoms with E-state index >= 15 is 0 Å². The summed E-state index contributed by atoms with van der Waals surface area (Å²) < 4.78 is 7.73. The predicted molar refractivity (Wildman–Crippen MR) is 108 cm³/mol. The van der Waals surface area contributed by atoms with Crippen LogP contribution in [0.25, 0.3) is 16.9 Å². The molecule has 0 N–H and O–H groups in total. The van der Waals surface area contributed by atoms with Crippen molar-refractivity contribution >= 4 is 17.4 Å². The topological polar surface area (TPSA) is 42.7 Å². The first kappa shape index (κ1) is 18.7. The zero-order valence-corrected chi connectivity index (χ0v) is 16.5. The maximum absolute atomic E-state index is 5.87. The van der Waals surface area contributed by atoms with E-state index in [4.69, 9.17) is 4.74 Å². The maximum atomic E-state index is 5.87. The summed E-state index contributed by atoms with van der Waals surface area (Å²) in [7, 11) is 0. The number of rotatable bonds is 9. The number of thioether (sulfide) groups is 1. The van der Waals surface area contributed by atoms with Crippen LogP contribution in [-0.2, 0) is 0 Å². The molecule has 0 bridgehead atoms. The van der Waals surface area contributed by atoms with E-state index in [0.29, 0.717) is 12.5 Å². The van der Waals surface area contributed by atoms with Gasteiger partial charge in [-0.1, -0.05) is 26.0 Å². The van der Waals surface area contributed by atoms with Crippen molar-refractivity contribution in [2.24, 2.45) is 0 Å². The number of benzene rings is 1. The monoisotopic (exact) mass is 370 g/mol. The summed E-state index contributed by atoms with van der Waals surface area (Å²) in [6.45, 7) is 8.25. The Bertz CT molecular complexity index is 845. The molecule has 0 amide bonds. The molecule has 26 heavy (non-hydrogen) atoms.